The van der Waals surface area contributed by atoms with Crippen molar-refractivity contribution in [3.63, 3.8) is 0 Å². The average molecular weight is 195 g/mol. The fourth-order valence-electron chi connectivity index (χ4n) is 1.41. The van der Waals surface area contributed by atoms with Crippen LogP contribution in [0, 0.1) is 0 Å². The third-order valence-corrected chi connectivity index (χ3v) is 2.31. The normalized spacial score (nSPS) is 12.6. The summed E-state index contributed by atoms with van der Waals surface area (Å²) in [5, 5.41) is 8.92. The van der Waals surface area contributed by atoms with E-state index < -0.39 is 0 Å². The van der Waals surface area contributed by atoms with Crippen molar-refractivity contribution in [2.45, 2.75) is 19.4 Å². The number of hydrogen-bond acceptors (Lipinski definition) is 3. The van der Waals surface area contributed by atoms with Gasteiger partial charge in [-0.2, -0.15) is 0 Å². The lowest BCUT2D eigenvalue weighted by molar-refractivity contribution is 0.268. The number of benzene rings is 1. The average Bonchev–Trinajstić information content (AvgIpc) is 2.26. The molecule has 0 radical (unpaired) electrons. The first kappa shape index (κ1) is 11.0. The molecule has 3 N–H and O–H groups in total. The molecule has 14 heavy (non-hydrogen) atoms. The first-order valence-electron chi connectivity index (χ1n) is 4.76. The van der Waals surface area contributed by atoms with Gasteiger partial charge < -0.3 is 15.6 Å². The maximum Gasteiger partial charge on any atom is 0.122 e. The second-order valence-corrected chi connectivity index (χ2v) is 3.21. The largest absolute Gasteiger partial charge is 0.496 e. The van der Waals surface area contributed by atoms with Gasteiger partial charge in [0.05, 0.1) is 19.8 Å². The number of aliphatic hydroxyl groups is 1. The zero-order valence-corrected chi connectivity index (χ0v) is 8.66. The minimum absolute atomic E-state index is 0.0323. The van der Waals surface area contributed by atoms with Crippen molar-refractivity contribution in [3.8, 4) is 5.75 Å². The van der Waals surface area contributed by atoms with Crippen LogP contribution >= 0.6 is 0 Å². The molecule has 1 rings (SSSR count). The van der Waals surface area contributed by atoms with Crippen LogP contribution in [-0.2, 0) is 6.42 Å². The number of nitrogens with two attached hydrogens (primary N) is 1. The van der Waals surface area contributed by atoms with Crippen molar-refractivity contribution < 1.29 is 9.84 Å². The number of methoxy groups -OCH3 is 1. The van der Waals surface area contributed by atoms with E-state index in [9.17, 15) is 0 Å². The summed E-state index contributed by atoms with van der Waals surface area (Å²) in [5.74, 6) is 0.876. The van der Waals surface area contributed by atoms with E-state index in [4.69, 9.17) is 15.6 Å². The van der Waals surface area contributed by atoms with Crippen LogP contribution in [0.5, 0.6) is 5.75 Å². The zero-order valence-electron chi connectivity index (χ0n) is 8.66. The van der Waals surface area contributed by atoms with Crippen LogP contribution in [0.2, 0.25) is 0 Å². The lowest BCUT2D eigenvalue weighted by Crippen LogP contribution is -2.14. The Morgan fingerprint density at radius 3 is 2.71 bits per heavy atom. The van der Waals surface area contributed by atoms with Crippen LogP contribution in [0.25, 0.3) is 0 Å². The molecule has 0 fully saturated rings. The zero-order chi connectivity index (χ0) is 10.6. The van der Waals surface area contributed by atoms with Gasteiger partial charge in [0.15, 0.2) is 0 Å². The van der Waals surface area contributed by atoms with Gasteiger partial charge in [0.25, 0.3) is 0 Å². The quantitative estimate of drug-likeness (QED) is 0.760. The smallest absolute Gasteiger partial charge is 0.122 e. The Hall–Kier alpha value is -1.06. The third kappa shape index (κ3) is 2.25. The van der Waals surface area contributed by atoms with Crippen LogP contribution < -0.4 is 10.5 Å². The van der Waals surface area contributed by atoms with Crippen molar-refractivity contribution in [1.29, 1.82) is 0 Å². The molecule has 0 aliphatic rings. The summed E-state index contributed by atoms with van der Waals surface area (Å²) in [4.78, 5) is 0. The number of hydrogen-bond donors (Lipinski definition) is 2. The van der Waals surface area contributed by atoms with Crippen LogP contribution in [-0.4, -0.2) is 18.8 Å². The number of aliphatic hydroxyl groups excluding tert-OH is 1. The van der Waals surface area contributed by atoms with Gasteiger partial charge in [0, 0.05) is 0 Å². The molecule has 1 unspecified atom stereocenters. The number of rotatable bonds is 4. The molecular weight excluding hydrogens is 178 g/mol. The summed E-state index contributed by atoms with van der Waals surface area (Å²) < 4.78 is 5.20. The van der Waals surface area contributed by atoms with Crippen LogP contribution in [0.3, 0.4) is 0 Å². The maximum atomic E-state index is 8.92. The van der Waals surface area contributed by atoms with Gasteiger partial charge in [-0.25, -0.2) is 0 Å². The Balaban J connectivity index is 3.01. The van der Waals surface area contributed by atoms with Crippen molar-refractivity contribution in [1.82, 2.24) is 0 Å². The van der Waals surface area contributed by atoms with E-state index in [1.165, 1.54) is 0 Å². The van der Waals surface area contributed by atoms with Gasteiger partial charge in [0.1, 0.15) is 5.75 Å². The highest BCUT2D eigenvalue weighted by Gasteiger charge is 2.07. The predicted octanol–water partition coefficient (Wildman–Crippen LogP) is 1.25. The summed E-state index contributed by atoms with van der Waals surface area (Å²) in [5.41, 5.74) is 7.79. The predicted molar refractivity (Wildman–Crippen MR) is 56.4 cm³/mol. The monoisotopic (exact) mass is 195 g/mol. The van der Waals surface area contributed by atoms with E-state index >= 15 is 0 Å². The molecule has 0 aliphatic heterocycles. The fourth-order valence-corrected chi connectivity index (χ4v) is 1.41. The SMILES string of the molecule is CCc1cc(C(N)CO)ccc1OC. The number of aryl methyl sites for hydroxylation is 1. The lowest BCUT2D eigenvalue weighted by Gasteiger charge is -2.12. The minimum atomic E-state index is -0.300. The molecule has 0 saturated heterocycles. The third-order valence-electron chi connectivity index (χ3n) is 2.31. The van der Waals surface area contributed by atoms with E-state index in [1.807, 2.05) is 18.2 Å². The molecule has 0 aromatic heterocycles. The molecule has 0 saturated carbocycles. The molecule has 0 amide bonds. The van der Waals surface area contributed by atoms with Crippen LogP contribution in [0.15, 0.2) is 18.2 Å². The van der Waals surface area contributed by atoms with E-state index in [0.717, 1.165) is 23.3 Å². The topological polar surface area (TPSA) is 55.5 Å². The second-order valence-electron chi connectivity index (χ2n) is 3.21. The minimum Gasteiger partial charge on any atom is -0.496 e. The Labute approximate surface area is 84.5 Å². The highest BCUT2D eigenvalue weighted by molar-refractivity contribution is 5.38. The molecule has 1 atom stereocenters. The van der Waals surface area contributed by atoms with Gasteiger partial charge in [-0.05, 0) is 23.6 Å². The molecule has 0 aliphatic carbocycles. The lowest BCUT2D eigenvalue weighted by atomic mass is 10.0. The van der Waals surface area contributed by atoms with Crippen LogP contribution in [0.4, 0.5) is 0 Å². The first-order chi connectivity index (χ1) is 6.72. The second kappa shape index (κ2) is 4.98. The van der Waals surface area contributed by atoms with Gasteiger partial charge in [-0.1, -0.05) is 19.1 Å². The molecule has 0 heterocycles. The summed E-state index contributed by atoms with van der Waals surface area (Å²) >= 11 is 0. The number of ether oxygens (including phenoxy) is 1. The van der Waals surface area contributed by atoms with Crippen molar-refractivity contribution >= 4 is 0 Å². The highest BCUT2D eigenvalue weighted by Crippen LogP contribution is 2.22. The maximum absolute atomic E-state index is 8.92. The van der Waals surface area contributed by atoms with Gasteiger partial charge in [0.2, 0.25) is 0 Å². The molecule has 3 heteroatoms. The summed E-state index contributed by atoms with van der Waals surface area (Å²) in [7, 11) is 1.65. The molecule has 0 spiro atoms. The summed E-state index contributed by atoms with van der Waals surface area (Å²) in [6, 6.07) is 5.47. The standard InChI is InChI=1S/C11H17NO2/c1-3-8-6-9(10(12)7-13)4-5-11(8)14-2/h4-6,10,13H,3,7,12H2,1-2H3. The Kier molecular flexibility index (Phi) is 3.92. The van der Waals surface area contributed by atoms with Crippen molar-refractivity contribution in [3.05, 3.63) is 29.3 Å². The van der Waals surface area contributed by atoms with E-state index in [-0.39, 0.29) is 12.6 Å². The summed E-state index contributed by atoms with van der Waals surface area (Å²) in [6.45, 7) is 2.03. The van der Waals surface area contributed by atoms with E-state index in [2.05, 4.69) is 6.92 Å². The van der Waals surface area contributed by atoms with Crippen molar-refractivity contribution in [2.24, 2.45) is 5.73 Å². The van der Waals surface area contributed by atoms with Crippen molar-refractivity contribution in [2.75, 3.05) is 13.7 Å². The fraction of sp³-hybridized carbons (Fsp3) is 0.455. The van der Waals surface area contributed by atoms with E-state index in [0.29, 0.717) is 0 Å². The first-order valence-corrected chi connectivity index (χ1v) is 4.76. The molecule has 1 aromatic rings. The summed E-state index contributed by atoms with van der Waals surface area (Å²) in [6.07, 6.45) is 0.898. The van der Waals surface area contributed by atoms with E-state index in [1.54, 1.807) is 7.11 Å². The van der Waals surface area contributed by atoms with Gasteiger partial charge in [-0.15, -0.1) is 0 Å². The molecule has 78 valence electrons. The molecule has 1 aromatic carbocycles. The molecule has 3 nitrogen and oxygen atoms in total. The molecule has 0 bridgehead atoms. The van der Waals surface area contributed by atoms with Gasteiger partial charge in [-0.3, -0.25) is 0 Å². The Morgan fingerprint density at radius 1 is 1.50 bits per heavy atom. The Morgan fingerprint density at radius 2 is 2.21 bits per heavy atom. The van der Waals surface area contributed by atoms with Crippen LogP contribution in [0.1, 0.15) is 24.1 Å². The molecular formula is C11H17NO2. The van der Waals surface area contributed by atoms with Gasteiger partial charge >= 0.3 is 0 Å². The Bertz CT molecular complexity index is 299. The highest BCUT2D eigenvalue weighted by atomic mass is 16.5.